The summed E-state index contributed by atoms with van der Waals surface area (Å²) in [5.74, 6) is 2.18. The Hall–Kier alpha value is -2.01. The Bertz CT molecular complexity index is 611. The number of hydrogen-bond donors (Lipinski definition) is 1. The minimum absolute atomic E-state index is 0.110. The van der Waals surface area contributed by atoms with Gasteiger partial charge in [0.1, 0.15) is 5.82 Å². The van der Waals surface area contributed by atoms with Crippen molar-refractivity contribution in [2.75, 3.05) is 18.5 Å². The second kappa shape index (κ2) is 5.77. The number of aryl methyl sites for hydroxylation is 1. The van der Waals surface area contributed by atoms with Gasteiger partial charge in [-0.1, -0.05) is 0 Å². The summed E-state index contributed by atoms with van der Waals surface area (Å²) in [4.78, 5) is 15.4. The van der Waals surface area contributed by atoms with Crippen LogP contribution in [0.3, 0.4) is 0 Å². The molecule has 2 heterocycles. The maximum atomic E-state index is 9.39. The van der Waals surface area contributed by atoms with Crippen LogP contribution in [0.2, 0.25) is 0 Å². The van der Waals surface area contributed by atoms with Gasteiger partial charge in [-0.05, 0) is 37.8 Å². The lowest BCUT2D eigenvalue weighted by molar-refractivity contribution is 0.0464. The highest BCUT2D eigenvalue weighted by molar-refractivity contribution is 5.56. The lowest BCUT2D eigenvalue weighted by Crippen LogP contribution is -2.37. The number of aliphatic hydroxyl groups excluding tert-OH is 1. The summed E-state index contributed by atoms with van der Waals surface area (Å²) in [7, 11) is 2.04. The fourth-order valence-corrected chi connectivity index (χ4v) is 2.70. The van der Waals surface area contributed by atoms with Gasteiger partial charge in [-0.15, -0.1) is 0 Å². The molecule has 1 aliphatic rings. The minimum atomic E-state index is -0.110. The summed E-state index contributed by atoms with van der Waals surface area (Å²) >= 11 is 0. The van der Waals surface area contributed by atoms with E-state index in [4.69, 9.17) is 0 Å². The van der Waals surface area contributed by atoms with Crippen molar-refractivity contribution in [3.63, 3.8) is 0 Å². The first-order chi connectivity index (χ1) is 10.1. The molecule has 1 fully saturated rings. The zero-order valence-corrected chi connectivity index (χ0v) is 12.4. The van der Waals surface area contributed by atoms with Crippen LogP contribution in [0.15, 0.2) is 30.6 Å². The van der Waals surface area contributed by atoms with E-state index in [0.717, 1.165) is 36.5 Å². The average Bonchev–Trinajstić information content (AvgIpc) is 2.46. The Morgan fingerprint density at radius 1 is 1.33 bits per heavy atom. The zero-order chi connectivity index (χ0) is 14.8. The van der Waals surface area contributed by atoms with Crippen LogP contribution in [-0.4, -0.2) is 39.8 Å². The molecule has 0 spiro atoms. The molecule has 1 saturated carbocycles. The van der Waals surface area contributed by atoms with E-state index < -0.39 is 0 Å². The molecule has 21 heavy (non-hydrogen) atoms. The average molecular weight is 284 g/mol. The van der Waals surface area contributed by atoms with E-state index in [0.29, 0.717) is 11.7 Å². The topological polar surface area (TPSA) is 62.1 Å². The molecule has 110 valence electrons. The fraction of sp³-hybridized carbons (Fsp3) is 0.438. The molecule has 0 unspecified atom stereocenters. The lowest BCUT2D eigenvalue weighted by atomic mass is 9.82. The van der Waals surface area contributed by atoms with Gasteiger partial charge < -0.3 is 10.0 Å². The second-order valence-electron chi connectivity index (χ2n) is 5.80. The van der Waals surface area contributed by atoms with Crippen molar-refractivity contribution in [1.82, 2.24) is 15.0 Å². The number of nitrogens with zero attached hydrogens (tertiary/aromatic N) is 4. The van der Waals surface area contributed by atoms with Crippen molar-refractivity contribution in [2.45, 2.75) is 25.9 Å². The van der Waals surface area contributed by atoms with Crippen LogP contribution in [0.4, 0.5) is 5.82 Å². The Balaban J connectivity index is 1.80. The molecule has 0 aromatic carbocycles. The SMILES string of the molecule is Cc1cc(N(C)CC2CC(O)C2)nc(-c2cccnc2)n1. The van der Waals surface area contributed by atoms with Gasteiger partial charge in [0.2, 0.25) is 0 Å². The largest absolute Gasteiger partial charge is 0.393 e. The van der Waals surface area contributed by atoms with Crippen molar-refractivity contribution >= 4 is 5.82 Å². The zero-order valence-electron chi connectivity index (χ0n) is 12.4. The summed E-state index contributed by atoms with van der Waals surface area (Å²) in [5, 5.41) is 9.39. The van der Waals surface area contributed by atoms with Gasteiger partial charge in [0.25, 0.3) is 0 Å². The van der Waals surface area contributed by atoms with Gasteiger partial charge >= 0.3 is 0 Å². The Morgan fingerprint density at radius 3 is 2.81 bits per heavy atom. The lowest BCUT2D eigenvalue weighted by Gasteiger charge is -2.34. The predicted molar refractivity (Wildman–Crippen MR) is 82.0 cm³/mol. The maximum Gasteiger partial charge on any atom is 0.163 e. The van der Waals surface area contributed by atoms with E-state index in [-0.39, 0.29) is 6.10 Å². The molecule has 3 rings (SSSR count). The molecule has 2 aromatic heterocycles. The number of hydrogen-bond acceptors (Lipinski definition) is 5. The third kappa shape index (κ3) is 3.19. The predicted octanol–water partition coefficient (Wildman–Crippen LogP) is 2.05. The van der Waals surface area contributed by atoms with Crippen LogP contribution in [-0.2, 0) is 0 Å². The molecular formula is C16H20N4O. The van der Waals surface area contributed by atoms with Crippen molar-refractivity contribution in [3.05, 3.63) is 36.3 Å². The van der Waals surface area contributed by atoms with Gasteiger partial charge in [-0.3, -0.25) is 4.98 Å². The van der Waals surface area contributed by atoms with Crippen molar-refractivity contribution < 1.29 is 5.11 Å². The van der Waals surface area contributed by atoms with Gasteiger partial charge in [-0.25, -0.2) is 9.97 Å². The van der Waals surface area contributed by atoms with Crippen LogP contribution in [0, 0.1) is 12.8 Å². The molecule has 0 saturated heterocycles. The van der Waals surface area contributed by atoms with Gasteiger partial charge in [0, 0.05) is 43.3 Å². The van der Waals surface area contributed by atoms with Crippen LogP contribution >= 0.6 is 0 Å². The van der Waals surface area contributed by atoms with Crippen LogP contribution in [0.5, 0.6) is 0 Å². The monoisotopic (exact) mass is 284 g/mol. The van der Waals surface area contributed by atoms with E-state index in [1.165, 1.54) is 0 Å². The van der Waals surface area contributed by atoms with Crippen molar-refractivity contribution in [3.8, 4) is 11.4 Å². The summed E-state index contributed by atoms with van der Waals surface area (Å²) in [5.41, 5.74) is 1.87. The van der Waals surface area contributed by atoms with E-state index >= 15 is 0 Å². The van der Waals surface area contributed by atoms with E-state index in [2.05, 4.69) is 19.9 Å². The number of pyridine rings is 1. The van der Waals surface area contributed by atoms with Gasteiger partial charge in [0.15, 0.2) is 5.82 Å². The summed E-state index contributed by atoms with van der Waals surface area (Å²) in [6.07, 6.45) is 5.20. The normalized spacial score (nSPS) is 20.9. The first-order valence-electron chi connectivity index (χ1n) is 7.27. The standard InChI is InChI=1S/C16H20N4O/c1-11-6-15(20(2)10-12-7-14(21)8-12)19-16(18-11)13-4-3-5-17-9-13/h3-6,9,12,14,21H,7-8,10H2,1-2H3. The number of aliphatic hydroxyl groups is 1. The fourth-order valence-electron chi connectivity index (χ4n) is 2.70. The summed E-state index contributed by atoms with van der Waals surface area (Å²) < 4.78 is 0. The highest BCUT2D eigenvalue weighted by Gasteiger charge is 2.28. The molecule has 0 atom stereocenters. The first kappa shape index (κ1) is 13.9. The van der Waals surface area contributed by atoms with Crippen LogP contribution < -0.4 is 4.90 Å². The number of anilines is 1. The number of rotatable bonds is 4. The molecule has 0 aliphatic heterocycles. The third-order valence-electron chi connectivity index (χ3n) is 3.89. The molecule has 5 heteroatoms. The molecule has 0 amide bonds. The van der Waals surface area contributed by atoms with Crippen molar-refractivity contribution in [2.24, 2.45) is 5.92 Å². The summed E-state index contributed by atoms with van der Waals surface area (Å²) in [6, 6.07) is 5.85. The third-order valence-corrected chi connectivity index (χ3v) is 3.89. The Kier molecular flexibility index (Phi) is 3.84. The van der Waals surface area contributed by atoms with Gasteiger partial charge in [0.05, 0.1) is 6.10 Å². The molecule has 2 aromatic rings. The number of aromatic nitrogens is 3. The minimum Gasteiger partial charge on any atom is -0.393 e. The maximum absolute atomic E-state index is 9.39. The molecule has 0 radical (unpaired) electrons. The van der Waals surface area contributed by atoms with Gasteiger partial charge in [-0.2, -0.15) is 0 Å². The molecule has 1 aliphatic carbocycles. The molecular weight excluding hydrogens is 264 g/mol. The van der Waals surface area contributed by atoms with Crippen LogP contribution in [0.1, 0.15) is 18.5 Å². The molecule has 0 bridgehead atoms. The van der Waals surface area contributed by atoms with Crippen LogP contribution in [0.25, 0.3) is 11.4 Å². The van der Waals surface area contributed by atoms with Crippen molar-refractivity contribution in [1.29, 1.82) is 0 Å². The quantitative estimate of drug-likeness (QED) is 0.931. The smallest absolute Gasteiger partial charge is 0.163 e. The highest BCUT2D eigenvalue weighted by Crippen LogP contribution is 2.29. The van der Waals surface area contributed by atoms with E-state index in [1.807, 2.05) is 32.2 Å². The Morgan fingerprint density at radius 2 is 2.14 bits per heavy atom. The summed E-state index contributed by atoms with van der Waals surface area (Å²) in [6.45, 7) is 2.89. The molecule has 5 nitrogen and oxygen atoms in total. The van der Waals surface area contributed by atoms with E-state index in [1.54, 1.807) is 12.4 Å². The first-order valence-corrected chi connectivity index (χ1v) is 7.27. The highest BCUT2D eigenvalue weighted by atomic mass is 16.3. The van der Waals surface area contributed by atoms with E-state index in [9.17, 15) is 5.11 Å². The second-order valence-corrected chi connectivity index (χ2v) is 5.80. The molecule has 1 N–H and O–H groups in total. The Labute approximate surface area is 124 Å².